The van der Waals surface area contributed by atoms with Gasteiger partial charge in [-0.05, 0) is 24.5 Å². The largest absolute Gasteiger partial charge is 0.481 e. The maximum Gasteiger partial charge on any atom is 0.314 e. The lowest BCUT2D eigenvalue weighted by molar-refractivity contribution is -0.143. The van der Waals surface area contributed by atoms with E-state index in [4.69, 9.17) is 0 Å². The summed E-state index contributed by atoms with van der Waals surface area (Å²) in [6.45, 7) is 5.52. The van der Waals surface area contributed by atoms with Crippen molar-refractivity contribution in [1.82, 2.24) is 0 Å². The van der Waals surface area contributed by atoms with Crippen LogP contribution in [-0.4, -0.2) is 17.0 Å². The quantitative estimate of drug-likeness (QED) is 0.894. The molecule has 114 valence electrons. The van der Waals surface area contributed by atoms with Crippen molar-refractivity contribution in [3.8, 4) is 0 Å². The van der Waals surface area contributed by atoms with Gasteiger partial charge in [0, 0.05) is 11.1 Å². The predicted molar refractivity (Wildman–Crippen MR) is 82.3 cm³/mol. The maximum atomic E-state index is 12.2. The van der Waals surface area contributed by atoms with Crippen LogP contribution in [0.3, 0.4) is 0 Å². The zero-order valence-corrected chi connectivity index (χ0v) is 12.9. The number of hydrogen-bond acceptors (Lipinski definition) is 2. The first-order valence-electron chi connectivity index (χ1n) is 7.42. The van der Waals surface area contributed by atoms with Crippen LogP contribution in [0.2, 0.25) is 0 Å². The molecule has 1 aliphatic rings. The Labute approximate surface area is 125 Å². The standard InChI is InChI=1S/C17H23NO3/c1-16(2,3)14(19)18-13-9-5-4-8-12(13)17(15(20)21)10-6-7-11-17/h4-5,8-9H,6-7,10-11H2,1-3H3,(H,18,19)(H,20,21). The summed E-state index contributed by atoms with van der Waals surface area (Å²) in [7, 11) is 0. The first-order valence-corrected chi connectivity index (χ1v) is 7.42. The van der Waals surface area contributed by atoms with E-state index >= 15 is 0 Å². The van der Waals surface area contributed by atoms with Crippen molar-refractivity contribution in [1.29, 1.82) is 0 Å². The Morgan fingerprint density at radius 3 is 2.24 bits per heavy atom. The van der Waals surface area contributed by atoms with Crippen LogP contribution in [0.1, 0.15) is 52.0 Å². The molecule has 0 atom stereocenters. The third-order valence-corrected chi connectivity index (χ3v) is 4.24. The van der Waals surface area contributed by atoms with Gasteiger partial charge in [-0.2, -0.15) is 0 Å². The molecule has 4 heteroatoms. The van der Waals surface area contributed by atoms with Gasteiger partial charge in [0.05, 0.1) is 5.41 Å². The average molecular weight is 289 g/mol. The van der Waals surface area contributed by atoms with Gasteiger partial charge in [-0.25, -0.2) is 0 Å². The molecule has 1 saturated carbocycles. The summed E-state index contributed by atoms with van der Waals surface area (Å²) in [5.41, 5.74) is -0.0182. The summed E-state index contributed by atoms with van der Waals surface area (Å²) in [6.07, 6.45) is 3.08. The lowest BCUT2D eigenvalue weighted by Gasteiger charge is -2.28. The topological polar surface area (TPSA) is 66.4 Å². The molecule has 0 heterocycles. The molecule has 0 radical (unpaired) electrons. The predicted octanol–water partition coefficient (Wildman–Crippen LogP) is 3.57. The number of aliphatic carboxylic acids is 1. The van der Waals surface area contributed by atoms with E-state index in [1.165, 1.54) is 0 Å². The molecule has 0 aliphatic heterocycles. The van der Waals surface area contributed by atoms with Crippen molar-refractivity contribution >= 4 is 17.6 Å². The number of amides is 1. The second kappa shape index (κ2) is 5.51. The van der Waals surface area contributed by atoms with Gasteiger partial charge in [0.1, 0.15) is 0 Å². The molecule has 1 aliphatic carbocycles. The SMILES string of the molecule is CC(C)(C)C(=O)Nc1ccccc1C1(C(=O)O)CCCC1. The maximum absolute atomic E-state index is 12.2. The van der Waals surface area contributed by atoms with Gasteiger partial charge in [0.15, 0.2) is 0 Å². The molecule has 21 heavy (non-hydrogen) atoms. The van der Waals surface area contributed by atoms with Crippen molar-refractivity contribution in [2.24, 2.45) is 5.41 Å². The molecule has 0 spiro atoms. The molecular formula is C17H23NO3. The second-order valence-electron chi connectivity index (χ2n) is 6.84. The number of rotatable bonds is 3. The van der Waals surface area contributed by atoms with Gasteiger partial charge in [0.2, 0.25) is 5.91 Å². The molecule has 2 rings (SSSR count). The Hall–Kier alpha value is -1.84. The highest BCUT2D eigenvalue weighted by Crippen LogP contribution is 2.44. The van der Waals surface area contributed by atoms with Gasteiger partial charge in [-0.1, -0.05) is 51.8 Å². The highest BCUT2D eigenvalue weighted by atomic mass is 16.4. The second-order valence-corrected chi connectivity index (χ2v) is 6.84. The van der Waals surface area contributed by atoms with E-state index in [-0.39, 0.29) is 5.91 Å². The monoisotopic (exact) mass is 289 g/mol. The van der Waals surface area contributed by atoms with Crippen LogP contribution in [0.15, 0.2) is 24.3 Å². The smallest absolute Gasteiger partial charge is 0.314 e. The lowest BCUT2D eigenvalue weighted by atomic mass is 9.78. The summed E-state index contributed by atoms with van der Waals surface area (Å²) < 4.78 is 0. The lowest BCUT2D eigenvalue weighted by Crippen LogP contribution is -2.35. The van der Waals surface area contributed by atoms with Crippen LogP contribution >= 0.6 is 0 Å². The molecule has 1 aromatic rings. The summed E-state index contributed by atoms with van der Waals surface area (Å²) in [4.78, 5) is 24.1. The van der Waals surface area contributed by atoms with Crippen molar-refractivity contribution in [2.75, 3.05) is 5.32 Å². The molecule has 1 fully saturated rings. The Morgan fingerprint density at radius 1 is 1.14 bits per heavy atom. The molecule has 0 unspecified atom stereocenters. The number of carboxylic acids is 1. The van der Waals surface area contributed by atoms with E-state index in [9.17, 15) is 14.7 Å². The van der Waals surface area contributed by atoms with Crippen molar-refractivity contribution in [3.63, 3.8) is 0 Å². The first kappa shape index (κ1) is 15.5. The minimum atomic E-state index is -0.859. The van der Waals surface area contributed by atoms with E-state index in [0.717, 1.165) is 18.4 Å². The molecule has 0 saturated heterocycles. The van der Waals surface area contributed by atoms with Crippen LogP contribution in [0.25, 0.3) is 0 Å². The first-order chi connectivity index (χ1) is 9.77. The molecule has 1 amide bonds. The minimum absolute atomic E-state index is 0.103. The highest BCUT2D eigenvalue weighted by molar-refractivity contribution is 5.96. The zero-order valence-electron chi connectivity index (χ0n) is 12.9. The van der Waals surface area contributed by atoms with Crippen LogP contribution in [0.5, 0.6) is 0 Å². The fourth-order valence-electron chi connectivity index (χ4n) is 2.90. The van der Waals surface area contributed by atoms with E-state index in [0.29, 0.717) is 18.5 Å². The third kappa shape index (κ3) is 2.94. The Balaban J connectivity index is 2.41. The van der Waals surface area contributed by atoms with E-state index in [1.54, 1.807) is 6.07 Å². The van der Waals surface area contributed by atoms with Gasteiger partial charge < -0.3 is 10.4 Å². The normalized spacial score (nSPS) is 17.5. The van der Waals surface area contributed by atoms with E-state index in [1.807, 2.05) is 39.0 Å². The molecule has 4 nitrogen and oxygen atoms in total. The number of anilines is 1. The fourth-order valence-corrected chi connectivity index (χ4v) is 2.90. The number of carbonyl (C=O) groups excluding carboxylic acids is 1. The van der Waals surface area contributed by atoms with Gasteiger partial charge in [0.25, 0.3) is 0 Å². The molecule has 0 bridgehead atoms. The Kier molecular flexibility index (Phi) is 4.08. The number of carboxylic acid groups (broad SMARTS) is 1. The van der Waals surface area contributed by atoms with Crippen molar-refractivity contribution in [3.05, 3.63) is 29.8 Å². The van der Waals surface area contributed by atoms with Crippen LogP contribution in [-0.2, 0) is 15.0 Å². The van der Waals surface area contributed by atoms with Crippen molar-refractivity contribution in [2.45, 2.75) is 51.9 Å². The fraction of sp³-hybridized carbons (Fsp3) is 0.529. The summed E-state index contributed by atoms with van der Waals surface area (Å²) in [5, 5.41) is 12.6. The number of nitrogens with one attached hydrogen (secondary N) is 1. The number of para-hydroxylation sites is 1. The number of hydrogen-bond donors (Lipinski definition) is 2. The van der Waals surface area contributed by atoms with Crippen LogP contribution in [0.4, 0.5) is 5.69 Å². The molecular weight excluding hydrogens is 266 g/mol. The average Bonchev–Trinajstić information content (AvgIpc) is 2.88. The third-order valence-electron chi connectivity index (χ3n) is 4.24. The number of carbonyl (C=O) groups is 2. The highest BCUT2D eigenvalue weighted by Gasteiger charge is 2.44. The summed E-state index contributed by atoms with van der Waals surface area (Å²) in [6, 6.07) is 7.29. The van der Waals surface area contributed by atoms with Gasteiger partial charge >= 0.3 is 5.97 Å². The van der Waals surface area contributed by atoms with E-state index in [2.05, 4.69) is 5.32 Å². The van der Waals surface area contributed by atoms with Crippen molar-refractivity contribution < 1.29 is 14.7 Å². The van der Waals surface area contributed by atoms with E-state index < -0.39 is 16.8 Å². The van der Waals surface area contributed by atoms with Crippen LogP contribution in [0, 0.1) is 5.41 Å². The Morgan fingerprint density at radius 2 is 1.71 bits per heavy atom. The zero-order chi connectivity index (χ0) is 15.7. The van der Waals surface area contributed by atoms with Gasteiger partial charge in [-0.15, -0.1) is 0 Å². The number of benzene rings is 1. The molecule has 2 N–H and O–H groups in total. The van der Waals surface area contributed by atoms with Crippen LogP contribution < -0.4 is 5.32 Å². The molecule has 1 aromatic carbocycles. The Bertz CT molecular complexity index is 551. The minimum Gasteiger partial charge on any atom is -0.481 e. The summed E-state index contributed by atoms with van der Waals surface area (Å²) >= 11 is 0. The summed E-state index contributed by atoms with van der Waals surface area (Å²) in [5.74, 6) is -0.897. The molecule has 0 aromatic heterocycles. The van der Waals surface area contributed by atoms with Gasteiger partial charge in [-0.3, -0.25) is 9.59 Å².